The normalized spacial score (nSPS) is 12.9. The lowest BCUT2D eigenvalue weighted by atomic mass is 9.99. The number of hydrogen-bond acceptors (Lipinski definition) is 7. The second-order valence-corrected chi connectivity index (χ2v) is 10.1. The summed E-state index contributed by atoms with van der Waals surface area (Å²) in [4.78, 5) is 42.5. The molecule has 0 radical (unpaired) electrons. The number of para-hydroxylation sites is 1. The number of amides is 2. The number of ketones is 1. The topological polar surface area (TPSA) is 116 Å². The molecule has 2 heterocycles. The minimum absolute atomic E-state index is 0.00712. The molecule has 10 heteroatoms. The smallest absolute Gasteiger partial charge is 0.249 e. The highest BCUT2D eigenvalue weighted by Crippen LogP contribution is 2.41. The van der Waals surface area contributed by atoms with Gasteiger partial charge in [0.25, 0.3) is 0 Å². The minimum atomic E-state index is -1.07. The molecular formula is C30H31N5O5. The van der Waals surface area contributed by atoms with E-state index in [9.17, 15) is 14.4 Å². The number of anilines is 1. The predicted molar refractivity (Wildman–Crippen MR) is 149 cm³/mol. The summed E-state index contributed by atoms with van der Waals surface area (Å²) in [5.74, 6) is 0.0642. The van der Waals surface area contributed by atoms with Gasteiger partial charge in [0, 0.05) is 18.2 Å². The highest BCUT2D eigenvalue weighted by atomic mass is 16.7. The summed E-state index contributed by atoms with van der Waals surface area (Å²) in [5.41, 5.74) is 2.39. The van der Waals surface area contributed by atoms with Crippen molar-refractivity contribution in [3.63, 3.8) is 0 Å². The first-order valence-corrected chi connectivity index (χ1v) is 13.2. The predicted octanol–water partition coefficient (Wildman–Crippen LogP) is 4.30. The molecule has 1 N–H and O–H groups in total. The quantitative estimate of drug-likeness (QED) is 0.298. The Morgan fingerprint density at radius 3 is 2.42 bits per heavy atom. The maximum atomic E-state index is 14.3. The van der Waals surface area contributed by atoms with Crippen molar-refractivity contribution in [2.24, 2.45) is 5.92 Å². The van der Waals surface area contributed by atoms with E-state index < -0.39 is 11.9 Å². The van der Waals surface area contributed by atoms with Crippen molar-refractivity contribution in [2.75, 3.05) is 18.2 Å². The van der Waals surface area contributed by atoms with Gasteiger partial charge in [0.1, 0.15) is 18.1 Å². The summed E-state index contributed by atoms with van der Waals surface area (Å²) in [6.45, 7) is 5.78. The molecule has 0 spiro atoms. The van der Waals surface area contributed by atoms with E-state index in [4.69, 9.17) is 9.47 Å². The van der Waals surface area contributed by atoms with Crippen LogP contribution in [0.5, 0.6) is 11.5 Å². The molecule has 0 fully saturated rings. The second kappa shape index (κ2) is 11.6. The van der Waals surface area contributed by atoms with Crippen molar-refractivity contribution in [3.05, 3.63) is 77.9 Å². The number of ether oxygens (including phenoxy) is 2. The van der Waals surface area contributed by atoms with Crippen LogP contribution in [0.3, 0.4) is 0 Å². The number of rotatable bonds is 10. The van der Waals surface area contributed by atoms with Crippen molar-refractivity contribution in [1.82, 2.24) is 20.3 Å². The third-order valence-corrected chi connectivity index (χ3v) is 6.75. The van der Waals surface area contributed by atoms with E-state index in [0.717, 1.165) is 6.42 Å². The fourth-order valence-corrected chi connectivity index (χ4v) is 4.70. The van der Waals surface area contributed by atoms with E-state index >= 15 is 0 Å². The lowest BCUT2D eigenvalue weighted by Gasteiger charge is -2.33. The molecule has 1 aliphatic heterocycles. The zero-order valence-corrected chi connectivity index (χ0v) is 22.7. The lowest BCUT2D eigenvalue weighted by molar-refractivity contribution is -0.127. The van der Waals surface area contributed by atoms with E-state index in [0.29, 0.717) is 40.6 Å². The standard InChI is InChI=1S/C30H31N5O5/c1-19(2)13-14-31-30(38)29(21-9-5-4-6-10-21)35(25-16-27-26(39-18-40-27)15-22(25)20(3)36)28(37)17-34-24-12-8-7-11-23(24)32-33-34/h4-12,15-16,19,29H,13-14,17-18H2,1-3H3,(H,31,38)/t29-/m0/s1. The molecule has 206 valence electrons. The van der Waals surface area contributed by atoms with Crippen molar-refractivity contribution in [2.45, 2.75) is 39.8 Å². The number of fused-ring (bicyclic) bond motifs is 2. The fraction of sp³-hybridized carbons (Fsp3) is 0.300. The van der Waals surface area contributed by atoms with Crippen LogP contribution in [0.2, 0.25) is 0 Å². The molecule has 0 aliphatic carbocycles. The number of benzene rings is 3. The molecule has 0 bridgehead atoms. The largest absolute Gasteiger partial charge is 0.454 e. The molecule has 40 heavy (non-hydrogen) atoms. The van der Waals surface area contributed by atoms with E-state index in [2.05, 4.69) is 29.5 Å². The molecule has 0 unspecified atom stereocenters. The molecule has 3 aromatic carbocycles. The van der Waals surface area contributed by atoms with Crippen molar-refractivity contribution in [1.29, 1.82) is 0 Å². The first kappa shape index (κ1) is 26.9. The Labute approximate surface area is 231 Å². The fourth-order valence-electron chi connectivity index (χ4n) is 4.70. The third-order valence-electron chi connectivity index (χ3n) is 6.75. The number of aromatic nitrogens is 3. The molecular weight excluding hydrogens is 510 g/mol. The second-order valence-electron chi connectivity index (χ2n) is 10.1. The van der Waals surface area contributed by atoms with Gasteiger partial charge in [-0.3, -0.25) is 19.3 Å². The molecule has 0 saturated carbocycles. The molecule has 1 aliphatic rings. The van der Waals surface area contributed by atoms with Crippen LogP contribution in [0.25, 0.3) is 11.0 Å². The molecule has 0 saturated heterocycles. The highest BCUT2D eigenvalue weighted by molar-refractivity contribution is 6.08. The summed E-state index contributed by atoms with van der Waals surface area (Å²) in [7, 11) is 0. The number of carbonyl (C=O) groups is 3. The van der Waals surface area contributed by atoms with E-state index in [1.165, 1.54) is 16.5 Å². The van der Waals surface area contributed by atoms with Gasteiger partial charge in [-0.1, -0.05) is 61.5 Å². The van der Waals surface area contributed by atoms with Crippen molar-refractivity contribution in [3.8, 4) is 11.5 Å². The zero-order valence-electron chi connectivity index (χ0n) is 22.7. The first-order chi connectivity index (χ1) is 19.3. The summed E-state index contributed by atoms with van der Waals surface area (Å²) in [6, 6.07) is 18.4. The Balaban J connectivity index is 1.64. The SMILES string of the molecule is CC(=O)c1cc2c(cc1N(C(=O)Cn1nnc3ccccc31)[C@H](C(=O)NCCC(C)C)c1ccccc1)OCO2. The number of nitrogens with one attached hydrogen (secondary N) is 1. The molecule has 1 atom stereocenters. The van der Waals surface area contributed by atoms with E-state index in [-0.39, 0.29) is 36.3 Å². The Hall–Kier alpha value is -4.73. The Morgan fingerprint density at radius 2 is 1.70 bits per heavy atom. The van der Waals surface area contributed by atoms with Crippen LogP contribution in [-0.4, -0.2) is 45.9 Å². The highest BCUT2D eigenvalue weighted by Gasteiger charge is 2.36. The summed E-state index contributed by atoms with van der Waals surface area (Å²) in [5, 5.41) is 11.3. The van der Waals surface area contributed by atoms with Gasteiger partial charge in [-0.05, 0) is 43.0 Å². The Morgan fingerprint density at radius 1 is 1.00 bits per heavy atom. The summed E-state index contributed by atoms with van der Waals surface area (Å²) < 4.78 is 12.6. The van der Waals surface area contributed by atoms with Gasteiger partial charge < -0.3 is 14.8 Å². The average molecular weight is 542 g/mol. The minimum Gasteiger partial charge on any atom is -0.454 e. The number of nitrogens with zero attached hydrogens (tertiary/aromatic N) is 4. The third kappa shape index (κ3) is 5.51. The number of carbonyl (C=O) groups excluding carboxylic acids is 3. The van der Waals surface area contributed by atoms with Gasteiger partial charge >= 0.3 is 0 Å². The van der Waals surface area contributed by atoms with Gasteiger partial charge in [-0.15, -0.1) is 5.10 Å². The monoisotopic (exact) mass is 541 g/mol. The molecule has 1 aromatic heterocycles. The van der Waals surface area contributed by atoms with Gasteiger partial charge in [-0.25, -0.2) is 4.68 Å². The van der Waals surface area contributed by atoms with Crippen LogP contribution in [0, 0.1) is 5.92 Å². The van der Waals surface area contributed by atoms with Crippen LogP contribution < -0.4 is 19.7 Å². The van der Waals surface area contributed by atoms with Gasteiger partial charge in [0.2, 0.25) is 18.6 Å². The number of hydrogen-bond donors (Lipinski definition) is 1. The van der Waals surface area contributed by atoms with Crippen LogP contribution in [0.1, 0.15) is 49.2 Å². The van der Waals surface area contributed by atoms with Crippen molar-refractivity contribution >= 4 is 34.3 Å². The number of Topliss-reactive ketones (excluding diaryl/α,β-unsaturated/α-hetero) is 1. The van der Waals surface area contributed by atoms with Crippen LogP contribution in [-0.2, 0) is 16.1 Å². The Bertz CT molecular complexity index is 1550. The van der Waals surface area contributed by atoms with Crippen LogP contribution in [0.4, 0.5) is 5.69 Å². The summed E-state index contributed by atoms with van der Waals surface area (Å²) >= 11 is 0. The lowest BCUT2D eigenvalue weighted by Crippen LogP contribution is -2.46. The Kier molecular flexibility index (Phi) is 7.77. The summed E-state index contributed by atoms with van der Waals surface area (Å²) in [6.07, 6.45) is 0.773. The van der Waals surface area contributed by atoms with Crippen molar-refractivity contribution < 1.29 is 23.9 Å². The molecule has 5 rings (SSSR count). The van der Waals surface area contributed by atoms with E-state index in [1.54, 1.807) is 24.3 Å². The molecule has 4 aromatic rings. The van der Waals surface area contributed by atoms with Crippen LogP contribution >= 0.6 is 0 Å². The maximum absolute atomic E-state index is 14.3. The zero-order chi connectivity index (χ0) is 28.2. The van der Waals surface area contributed by atoms with Gasteiger partial charge in [-0.2, -0.15) is 0 Å². The van der Waals surface area contributed by atoms with E-state index in [1.807, 2.05) is 42.5 Å². The first-order valence-electron chi connectivity index (χ1n) is 13.2. The molecule has 2 amide bonds. The van der Waals surface area contributed by atoms with Gasteiger partial charge in [0.15, 0.2) is 17.3 Å². The molecule has 10 nitrogen and oxygen atoms in total. The maximum Gasteiger partial charge on any atom is 0.249 e. The van der Waals surface area contributed by atoms with Gasteiger partial charge in [0.05, 0.1) is 11.2 Å². The van der Waals surface area contributed by atoms with Crippen LogP contribution in [0.15, 0.2) is 66.7 Å². The average Bonchev–Trinajstić information content (AvgIpc) is 3.57.